The minimum Gasteiger partial charge on any atom is -0.396 e. The molecule has 1 aromatic rings. The summed E-state index contributed by atoms with van der Waals surface area (Å²) in [5.74, 6) is 1.15. The van der Waals surface area contributed by atoms with Gasteiger partial charge in [-0.15, -0.1) is 0 Å². The van der Waals surface area contributed by atoms with Gasteiger partial charge < -0.3 is 10.4 Å². The van der Waals surface area contributed by atoms with Gasteiger partial charge in [0, 0.05) is 32.0 Å². The molecule has 0 aromatic carbocycles. The summed E-state index contributed by atoms with van der Waals surface area (Å²) in [5, 5.41) is 17.0. The summed E-state index contributed by atoms with van der Waals surface area (Å²) in [7, 11) is 1.94. The van der Waals surface area contributed by atoms with E-state index in [2.05, 4.69) is 10.4 Å². The van der Waals surface area contributed by atoms with Gasteiger partial charge in [0.05, 0.1) is 6.20 Å². The highest BCUT2D eigenvalue weighted by Crippen LogP contribution is 2.29. The van der Waals surface area contributed by atoms with Crippen molar-refractivity contribution in [3.63, 3.8) is 0 Å². The molecule has 1 aliphatic rings. The highest BCUT2D eigenvalue weighted by molar-refractivity contribution is 5.02. The molecule has 0 radical (unpaired) electrons. The molecule has 0 saturated heterocycles. The molecule has 2 N–H and O–H groups in total. The van der Waals surface area contributed by atoms with Crippen LogP contribution in [0.4, 0.5) is 0 Å². The van der Waals surface area contributed by atoms with Gasteiger partial charge in [-0.3, -0.25) is 4.68 Å². The van der Waals surface area contributed by atoms with E-state index in [4.69, 9.17) is 0 Å². The van der Waals surface area contributed by atoms with Crippen molar-refractivity contribution in [2.45, 2.75) is 32.2 Å². The van der Waals surface area contributed by atoms with Gasteiger partial charge in [0.1, 0.15) is 0 Å². The summed E-state index contributed by atoms with van der Waals surface area (Å²) in [6.07, 6.45) is 8.98. The summed E-state index contributed by atoms with van der Waals surface area (Å²) >= 11 is 0. The Hall–Kier alpha value is -0.870. The van der Waals surface area contributed by atoms with Crippen molar-refractivity contribution in [2.75, 3.05) is 13.2 Å². The predicted molar refractivity (Wildman–Crippen MR) is 67.4 cm³/mol. The second kappa shape index (κ2) is 6.17. The summed E-state index contributed by atoms with van der Waals surface area (Å²) < 4.78 is 1.83. The fourth-order valence-corrected chi connectivity index (χ4v) is 2.76. The minimum absolute atomic E-state index is 0.346. The van der Waals surface area contributed by atoms with E-state index >= 15 is 0 Å². The molecular weight excluding hydrogens is 214 g/mol. The molecule has 2 rings (SSSR count). The number of nitrogens with one attached hydrogen (secondary N) is 1. The van der Waals surface area contributed by atoms with Gasteiger partial charge in [-0.05, 0) is 31.2 Å². The smallest absolute Gasteiger partial charge is 0.0534 e. The van der Waals surface area contributed by atoms with Crippen molar-refractivity contribution < 1.29 is 5.11 Å². The number of nitrogens with zero attached hydrogens (tertiary/aromatic N) is 2. The maximum Gasteiger partial charge on any atom is 0.0534 e. The van der Waals surface area contributed by atoms with Crippen LogP contribution in [0.1, 0.15) is 31.2 Å². The molecule has 17 heavy (non-hydrogen) atoms. The summed E-state index contributed by atoms with van der Waals surface area (Å²) in [6.45, 7) is 2.24. The molecule has 0 bridgehead atoms. The van der Waals surface area contributed by atoms with Crippen molar-refractivity contribution in [3.05, 3.63) is 18.0 Å². The van der Waals surface area contributed by atoms with Crippen molar-refractivity contribution in [1.29, 1.82) is 0 Å². The Morgan fingerprint density at radius 3 is 2.82 bits per heavy atom. The van der Waals surface area contributed by atoms with Crippen LogP contribution in [-0.2, 0) is 13.6 Å². The van der Waals surface area contributed by atoms with E-state index in [1.807, 2.05) is 24.1 Å². The quantitative estimate of drug-likeness (QED) is 0.812. The fourth-order valence-electron chi connectivity index (χ4n) is 2.76. The number of rotatable bonds is 5. The molecule has 1 fully saturated rings. The van der Waals surface area contributed by atoms with Crippen LogP contribution >= 0.6 is 0 Å². The van der Waals surface area contributed by atoms with Crippen LogP contribution in [0.5, 0.6) is 0 Å². The van der Waals surface area contributed by atoms with Crippen LogP contribution in [0.2, 0.25) is 0 Å². The molecular formula is C13H23N3O. The Balaban J connectivity index is 1.73. The van der Waals surface area contributed by atoms with E-state index in [1.54, 1.807) is 0 Å². The molecule has 1 aliphatic carbocycles. The van der Waals surface area contributed by atoms with Crippen molar-refractivity contribution >= 4 is 0 Å². The van der Waals surface area contributed by atoms with E-state index < -0.39 is 0 Å². The third-order valence-electron chi connectivity index (χ3n) is 3.80. The van der Waals surface area contributed by atoms with Gasteiger partial charge in [0.15, 0.2) is 0 Å². The first-order valence-corrected chi connectivity index (χ1v) is 6.58. The lowest BCUT2D eigenvalue weighted by molar-refractivity contribution is 0.133. The molecule has 1 aromatic heterocycles. The lowest BCUT2D eigenvalue weighted by Crippen LogP contribution is -2.32. The molecule has 2 atom stereocenters. The molecule has 96 valence electrons. The van der Waals surface area contributed by atoms with Crippen LogP contribution in [0.25, 0.3) is 0 Å². The molecule has 0 aliphatic heterocycles. The van der Waals surface area contributed by atoms with E-state index in [0.717, 1.165) is 13.1 Å². The van der Waals surface area contributed by atoms with E-state index in [-0.39, 0.29) is 0 Å². The Morgan fingerprint density at radius 2 is 2.18 bits per heavy atom. The predicted octanol–water partition coefficient (Wildman–Crippen LogP) is 1.31. The average molecular weight is 237 g/mol. The van der Waals surface area contributed by atoms with Gasteiger partial charge in [-0.2, -0.15) is 5.10 Å². The molecule has 0 spiro atoms. The lowest BCUT2D eigenvalue weighted by atomic mass is 9.79. The number of aliphatic hydroxyl groups excluding tert-OH is 1. The first-order chi connectivity index (χ1) is 8.29. The zero-order valence-electron chi connectivity index (χ0n) is 10.6. The monoisotopic (exact) mass is 237 g/mol. The number of hydrogen-bond donors (Lipinski definition) is 2. The lowest BCUT2D eigenvalue weighted by Gasteiger charge is -2.30. The molecule has 4 nitrogen and oxygen atoms in total. The Bertz CT molecular complexity index is 337. The largest absolute Gasteiger partial charge is 0.396 e. The topological polar surface area (TPSA) is 50.1 Å². The van der Waals surface area contributed by atoms with Crippen LogP contribution in [0.15, 0.2) is 12.4 Å². The maximum atomic E-state index is 9.34. The van der Waals surface area contributed by atoms with Crippen molar-refractivity contribution in [3.8, 4) is 0 Å². The number of aryl methyl sites for hydroxylation is 1. The van der Waals surface area contributed by atoms with E-state index in [0.29, 0.717) is 18.4 Å². The van der Waals surface area contributed by atoms with Crippen LogP contribution in [0.3, 0.4) is 0 Å². The summed E-state index contributed by atoms with van der Waals surface area (Å²) in [6, 6.07) is 0. The minimum atomic E-state index is 0.346. The zero-order chi connectivity index (χ0) is 12.1. The first kappa shape index (κ1) is 12.6. The summed E-state index contributed by atoms with van der Waals surface area (Å²) in [4.78, 5) is 0. The Kier molecular flexibility index (Phi) is 4.57. The van der Waals surface area contributed by atoms with Crippen LogP contribution in [0, 0.1) is 11.8 Å². The van der Waals surface area contributed by atoms with Gasteiger partial charge in [0.2, 0.25) is 0 Å². The molecule has 1 saturated carbocycles. The van der Waals surface area contributed by atoms with Gasteiger partial charge >= 0.3 is 0 Å². The van der Waals surface area contributed by atoms with Crippen LogP contribution in [-0.4, -0.2) is 28.0 Å². The van der Waals surface area contributed by atoms with E-state index in [9.17, 15) is 5.11 Å². The fraction of sp³-hybridized carbons (Fsp3) is 0.769. The standard InChI is InChI=1S/C13H23N3O/c1-16-9-11(7-15-16)6-14-8-12-4-2-3-5-13(12)10-17/h7,9,12-14,17H,2-6,8,10H2,1H3. The van der Waals surface area contributed by atoms with Crippen molar-refractivity contribution in [1.82, 2.24) is 15.1 Å². The second-order valence-electron chi connectivity index (χ2n) is 5.14. The number of aromatic nitrogens is 2. The van der Waals surface area contributed by atoms with Gasteiger partial charge in [-0.1, -0.05) is 12.8 Å². The molecule has 2 unspecified atom stereocenters. The Labute approximate surface area is 103 Å². The Morgan fingerprint density at radius 1 is 1.41 bits per heavy atom. The SMILES string of the molecule is Cn1cc(CNCC2CCCCC2CO)cn1. The normalized spacial score (nSPS) is 25.1. The highest BCUT2D eigenvalue weighted by Gasteiger charge is 2.23. The summed E-state index contributed by atoms with van der Waals surface area (Å²) in [5.41, 5.74) is 1.23. The third-order valence-corrected chi connectivity index (χ3v) is 3.80. The van der Waals surface area contributed by atoms with Gasteiger partial charge in [-0.25, -0.2) is 0 Å². The molecule has 0 amide bonds. The molecule has 4 heteroatoms. The third kappa shape index (κ3) is 3.54. The van der Waals surface area contributed by atoms with E-state index in [1.165, 1.54) is 31.2 Å². The maximum absolute atomic E-state index is 9.34. The number of hydrogen-bond acceptors (Lipinski definition) is 3. The zero-order valence-corrected chi connectivity index (χ0v) is 10.6. The van der Waals surface area contributed by atoms with Crippen LogP contribution < -0.4 is 5.32 Å². The van der Waals surface area contributed by atoms with Crippen molar-refractivity contribution in [2.24, 2.45) is 18.9 Å². The molecule has 1 heterocycles. The van der Waals surface area contributed by atoms with Gasteiger partial charge in [0.25, 0.3) is 0 Å². The first-order valence-electron chi connectivity index (χ1n) is 6.58. The average Bonchev–Trinajstić information content (AvgIpc) is 2.76. The highest BCUT2D eigenvalue weighted by atomic mass is 16.3. The second-order valence-corrected chi connectivity index (χ2v) is 5.14. The number of aliphatic hydroxyl groups is 1.